The zero-order chi connectivity index (χ0) is 11.0. The molecule has 0 aliphatic carbocycles. The van der Waals surface area contributed by atoms with Crippen LogP contribution in [0.2, 0.25) is 0 Å². The van der Waals surface area contributed by atoms with Gasteiger partial charge in [-0.05, 0) is 6.42 Å². The smallest absolute Gasteiger partial charge is 0.310 e. The highest BCUT2D eigenvalue weighted by molar-refractivity contribution is 5.70. The predicted octanol–water partition coefficient (Wildman–Crippen LogP) is 1.92. The third-order valence-corrected chi connectivity index (χ3v) is 1.09. The number of allylic oxidation sites excluding steroid dienone is 3. The van der Waals surface area contributed by atoms with Crippen molar-refractivity contribution >= 4 is 11.9 Å². The molecule has 4 nitrogen and oxygen atoms in total. The third-order valence-electron chi connectivity index (χ3n) is 1.09. The topological polar surface area (TPSA) is 52.6 Å². The van der Waals surface area contributed by atoms with Crippen LogP contribution < -0.4 is 0 Å². The monoisotopic (exact) mass is 198 g/mol. The molecule has 4 heteroatoms. The van der Waals surface area contributed by atoms with Crippen molar-refractivity contribution in [3.05, 3.63) is 24.2 Å². The van der Waals surface area contributed by atoms with E-state index in [1.807, 2.05) is 13.0 Å². The van der Waals surface area contributed by atoms with Crippen LogP contribution in [0.3, 0.4) is 0 Å². The second kappa shape index (κ2) is 6.88. The normalized spacial score (nSPS) is 9.64. The molecule has 0 aromatic heterocycles. The Labute approximate surface area is 83.2 Å². The van der Waals surface area contributed by atoms with Crippen LogP contribution in [0.5, 0.6) is 0 Å². The van der Waals surface area contributed by atoms with Crippen LogP contribution in [-0.2, 0) is 19.1 Å². The summed E-state index contributed by atoms with van der Waals surface area (Å²) in [6.07, 6.45) is 5.77. The zero-order valence-corrected chi connectivity index (χ0v) is 8.57. The van der Waals surface area contributed by atoms with Gasteiger partial charge in [-0.25, -0.2) is 0 Å². The lowest BCUT2D eigenvalue weighted by molar-refractivity contribution is -0.150. The van der Waals surface area contributed by atoms with Gasteiger partial charge in [-0.3, -0.25) is 9.59 Å². The minimum atomic E-state index is -0.526. The molecular weight excluding hydrogens is 184 g/mol. The zero-order valence-electron chi connectivity index (χ0n) is 8.57. The van der Waals surface area contributed by atoms with Gasteiger partial charge in [-0.1, -0.05) is 19.1 Å². The molecule has 0 fully saturated rings. The van der Waals surface area contributed by atoms with Gasteiger partial charge in [-0.2, -0.15) is 0 Å². The molecule has 0 N–H and O–H groups in total. The van der Waals surface area contributed by atoms with Gasteiger partial charge in [0.15, 0.2) is 0 Å². The van der Waals surface area contributed by atoms with Crippen molar-refractivity contribution in [2.24, 2.45) is 0 Å². The number of esters is 2. The predicted molar refractivity (Wildman–Crippen MR) is 51.0 cm³/mol. The molecule has 14 heavy (non-hydrogen) atoms. The molecular formula is C10H14O4. The molecule has 0 amide bonds. The fourth-order valence-electron chi connectivity index (χ4n) is 0.655. The molecule has 0 aromatic carbocycles. The molecule has 0 saturated heterocycles. The molecule has 0 aromatic rings. The minimum Gasteiger partial charge on any atom is -0.393 e. The van der Waals surface area contributed by atoms with Crippen molar-refractivity contribution in [3.63, 3.8) is 0 Å². The summed E-state index contributed by atoms with van der Waals surface area (Å²) in [4.78, 5) is 21.2. The number of hydrogen-bond acceptors (Lipinski definition) is 4. The Morgan fingerprint density at radius 1 is 1.14 bits per heavy atom. The Balaban J connectivity index is 4.37. The first kappa shape index (κ1) is 12.4. The molecule has 0 heterocycles. The molecule has 0 bridgehead atoms. The SMILES string of the molecule is CC/C=C/C=C(OC(C)=O)OC(C)=O. The molecule has 78 valence electrons. The summed E-state index contributed by atoms with van der Waals surface area (Å²) in [5.41, 5.74) is 0. The number of hydrogen-bond donors (Lipinski definition) is 0. The Morgan fingerprint density at radius 3 is 2.00 bits per heavy atom. The van der Waals surface area contributed by atoms with Gasteiger partial charge in [0.2, 0.25) is 0 Å². The van der Waals surface area contributed by atoms with Gasteiger partial charge >= 0.3 is 11.9 Å². The van der Waals surface area contributed by atoms with E-state index in [0.29, 0.717) is 0 Å². The Morgan fingerprint density at radius 2 is 1.64 bits per heavy atom. The average Bonchev–Trinajstić information content (AvgIpc) is 2.02. The van der Waals surface area contributed by atoms with E-state index in [1.54, 1.807) is 6.08 Å². The van der Waals surface area contributed by atoms with Gasteiger partial charge in [0.05, 0.1) is 0 Å². The summed E-state index contributed by atoms with van der Waals surface area (Å²) < 4.78 is 9.27. The molecule has 0 spiro atoms. The fourth-order valence-corrected chi connectivity index (χ4v) is 0.655. The molecule has 0 radical (unpaired) electrons. The van der Waals surface area contributed by atoms with E-state index in [4.69, 9.17) is 0 Å². The maximum atomic E-state index is 10.6. The van der Waals surface area contributed by atoms with E-state index in [9.17, 15) is 9.59 Å². The molecule has 0 saturated carbocycles. The molecule has 0 rings (SSSR count). The van der Waals surface area contributed by atoms with Gasteiger partial charge in [0.1, 0.15) is 0 Å². The first-order chi connectivity index (χ1) is 6.56. The minimum absolute atomic E-state index is 0.102. The highest BCUT2D eigenvalue weighted by Gasteiger charge is 2.04. The van der Waals surface area contributed by atoms with Crippen molar-refractivity contribution in [2.45, 2.75) is 27.2 Å². The number of rotatable bonds is 4. The number of carbonyl (C=O) groups is 2. The van der Waals surface area contributed by atoms with E-state index in [1.165, 1.54) is 19.9 Å². The van der Waals surface area contributed by atoms with Gasteiger partial charge in [0, 0.05) is 19.9 Å². The first-order valence-corrected chi connectivity index (χ1v) is 4.30. The lowest BCUT2D eigenvalue weighted by atomic mass is 10.4. The molecule has 0 unspecified atom stereocenters. The average molecular weight is 198 g/mol. The van der Waals surface area contributed by atoms with E-state index in [0.717, 1.165) is 6.42 Å². The summed E-state index contributed by atoms with van der Waals surface area (Å²) in [5, 5.41) is 0. The van der Waals surface area contributed by atoms with Gasteiger partial charge in [-0.15, -0.1) is 0 Å². The van der Waals surface area contributed by atoms with Crippen LogP contribution in [0.1, 0.15) is 27.2 Å². The quantitative estimate of drug-likeness (QED) is 0.393. The van der Waals surface area contributed by atoms with Crippen LogP contribution in [-0.4, -0.2) is 11.9 Å². The van der Waals surface area contributed by atoms with E-state index >= 15 is 0 Å². The van der Waals surface area contributed by atoms with Crippen molar-refractivity contribution in [2.75, 3.05) is 0 Å². The summed E-state index contributed by atoms with van der Waals surface area (Å²) >= 11 is 0. The largest absolute Gasteiger partial charge is 0.393 e. The summed E-state index contributed by atoms with van der Waals surface area (Å²) in [6.45, 7) is 4.43. The highest BCUT2D eigenvalue weighted by Crippen LogP contribution is 2.01. The van der Waals surface area contributed by atoms with Crippen molar-refractivity contribution in [1.29, 1.82) is 0 Å². The van der Waals surface area contributed by atoms with Crippen LogP contribution >= 0.6 is 0 Å². The van der Waals surface area contributed by atoms with E-state index in [2.05, 4.69) is 9.47 Å². The van der Waals surface area contributed by atoms with E-state index < -0.39 is 11.9 Å². The van der Waals surface area contributed by atoms with Crippen LogP contribution in [0.15, 0.2) is 24.2 Å². The van der Waals surface area contributed by atoms with Crippen LogP contribution in [0.4, 0.5) is 0 Å². The third kappa shape index (κ3) is 7.09. The number of carbonyl (C=O) groups excluding carboxylic acids is 2. The Bertz CT molecular complexity index is 245. The Kier molecular flexibility index (Phi) is 6.11. The van der Waals surface area contributed by atoms with E-state index in [-0.39, 0.29) is 5.95 Å². The summed E-state index contributed by atoms with van der Waals surface area (Å²) in [6, 6.07) is 0. The maximum absolute atomic E-state index is 10.6. The molecule has 0 aliphatic rings. The Hall–Kier alpha value is -1.58. The van der Waals surface area contributed by atoms with Gasteiger partial charge < -0.3 is 9.47 Å². The van der Waals surface area contributed by atoms with Crippen molar-refractivity contribution in [3.8, 4) is 0 Å². The fraction of sp³-hybridized carbons (Fsp3) is 0.400. The summed E-state index contributed by atoms with van der Waals surface area (Å²) in [5.74, 6) is -1.15. The standard InChI is InChI=1S/C10H14O4/c1-4-5-6-7-10(13-8(2)11)14-9(3)12/h5-7H,4H2,1-3H3/b6-5+. The van der Waals surface area contributed by atoms with Crippen LogP contribution in [0.25, 0.3) is 0 Å². The first-order valence-electron chi connectivity index (χ1n) is 4.30. The highest BCUT2D eigenvalue weighted by atomic mass is 16.7. The number of ether oxygens (including phenoxy) is 2. The van der Waals surface area contributed by atoms with Gasteiger partial charge in [0.25, 0.3) is 5.95 Å². The second-order valence-electron chi connectivity index (χ2n) is 2.51. The van der Waals surface area contributed by atoms with Crippen LogP contribution in [0, 0.1) is 0 Å². The second-order valence-corrected chi connectivity index (χ2v) is 2.51. The molecule has 0 atom stereocenters. The lowest BCUT2D eigenvalue weighted by Crippen LogP contribution is -2.05. The summed E-state index contributed by atoms with van der Waals surface area (Å²) in [7, 11) is 0. The van der Waals surface area contributed by atoms with Crippen molar-refractivity contribution < 1.29 is 19.1 Å². The molecule has 0 aliphatic heterocycles. The lowest BCUT2D eigenvalue weighted by Gasteiger charge is -2.03. The van der Waals surface area contributed by atoms with Crippen molar-refractivity contribution in [1.82, 2.24) is 0 Å². The maximum Gasteiger partial charge on any atom is 0.310 e.